The lowest BCUT2D eigenvalue weighted by atomic mass is 9.94. The average Bonchev–Trinajstić information content (AvgIpc) is 3.31. The van der Waals surface area contributed by atoms with Crippen LogP contribution in [0.3, 0.4) is 0 Å². The second-order valence-corrected chi connectivity index (χ2v) is 8.69. The summed E-state index contributed by atoms with van der Waals surface area (Å²) in [6, 6.07) is 10.8. The van der Waals surface area contributed by atoms with Crippen molar-refractivity contribution in [3.63, 3.8) is 0 Å². The number of nitrogens with zero attached hydrogens (tertiary/aromatic N) is 3. The molecule has 1 aliphatic carbocycles. The van der Waals surface area contributed by atoms with Gasteiger partial charge >= 0.3 is 0 Å². The van der Waals surface area contributed by atoms with Gasteiger partial charge in [0.25, 0.3) is 5.56 Å². The SMILES string of the molecule is Cc1cc(-c2cccc3cc(C4CCCC4)c(N4CCOCC4)nc23)cn(C)c1=O. The molecule has 0 amide bonds. The first-order valence-electron chi connectivity index (χ1n) is 11.1. The number of anilines is 1. The molecule has 0 spiro atoms. The Kier molecular flexibility index (Phi) is 5.07. The summed E-state index contributed by atoms with van der Waals surface area (Å²) in [5.41, 5.74) is 5.33. The van der Waals surface area contributed by atoms with E-state index in [-0.39, 0.29) is 5.56 Å². The molecule has 0 radical (unpaired) electrons. The Morgan fingerprint density at radius 2 is 1.87 bits per heavy atom. The van der Waals surface area contributed by atoms with E-state index in [0.717, 1.165) is 54.3 Å². The number of fused-ring (bicyclic) bond motifs is 1. The number of pyridine rings is 2. The Bertz CT molecular complexity index is 1110. The molecule has 1 saturated carbocycles. The smallest absolute Gasteiger partial charge is 0.253 e. The molecular formula is C25H29N3O2. The molecule has 0 atom stereocenters. The van der Waals surface area contributed by atoms with Crippen molar-refractivity contribution in [1.82, 2.24) is 9.55 Å². The third kappa shape index (κ3) is 3.41. The lowest BCUT2D eigenvalue weighted by molar-refractivity contribution is 0.122. The fourth-order valence-electron chi connectivity index (χ4n) is 5.03. The van der Waals surface area contributed by atoms with E-state index in [4.69, 9.17) is 9.72 Å². The van der Waals surface area contributed by atoms with Gasteiger partial charge in [0.15, 0.2) is 0 Å². The van der Waals surface area contributed by atoms with Gasteiger partial charge in [0.2, 0.25) is 0 Å². The van der Waals surface area contributed by atoms with Crippen LogP contribution >= 0.6 is 0 Å². The first kappa shape index (κ1) is 19.3. The minimum absolute atomic E-state index is 0.0458. The van der Waals surface area contributed by atoms with Gasteiger partial charge in [0.05, 0.1) is 18.7 Å². The highest BCUT2D eigenvalue weighted by atomic mass is 16.5. The molecule has 0 bridgehead atoms. The molecule has 2 aliphatic rings. The number of benzene rings is 1. The minimum atomic E-state index is 0.0458. The monoisotopic (exact) mass is 403 g/mol. The third-order valence-electron chi connectivity index (χ3n) is 6.63. The summed E-state index contributed by atoms with van der Waals surface area (Å²) in [5.74, 6) is 1.73. The van der Waals surface area contributed by atoms with Crippen LogP contribution in [0.5, 0.6) is 0 Å². The Hall–Kier alpha value is -2.66. The van der Waals surface area contributed by atoms with Crippen LogP contribution < -0.4 is 10.5 Å². The van der Waals surface area contributed by atoms with E-state index in [1.54, 1.807) is 4.57 Å². The van der Waals surface area contributed by atoms with Crippen molar-refractivity contribution in [1.29, 1.82) is 0 Å². The zero-order chi connectivity index (χ0) is 20.7. The molecule has 0 unspecified atom stereocenters. The first-order chi connectivity index (χ1) is 14.6. The molecule has 3 heterocycles. The summed E-state index contributed by atoms with van der Waals surface area (Å²) < 4.78 is 7.27. The molecule has 1 aliphatic heterocycles. The maximum absolute atomic E-state index is 12.2. The lowest BCUT2D eigenvalue weighted by Gasteiger charge is -2.31. The van der Waals surface area contributed by atoms with Gasteiger partial charge in [0, 0.05) is 48.4 Å². The van der Waals surface area contributed by atoms with Gasteiger partial charge in [0.1, 0.15) is 5.82 Å². The van der Waals surface area contributed by atoms with E-state index >= 15 is 0 Å². The maximum atomic E-state index is 12.2. The molecule has 2 fully saturated rings. The normalized spacial score (nSPS) is 17.7. The van der Waals surface area contributed by atoms with Crippen molar-refractivity contribution in [3.05, 3.63) is 58.0 Å². The van der Waals surface area contributed by atoms with E-state index in [2.05, 4.69) is 29.2 Å². The van der Waals surface area contributed by atoms with Crippen LogP contribution in [0.1, 0.15) is 42.7 Å². The fourth-order valence-corrected chi connectivity index (χ4v) is 5.03. The molecular weight excluding hydrogens is 374 g/mol. The molecule has 5 heteroatoms. The Balaban J connectivity index is 1.71. The molecule has 5 rings (SSSR count). The molecule has 2 aromatic heterocycles. The van der Waals surface area contributed by atoms with Crippen LogP contribution in [0.4, 0.5) is 5.82 Å². The number of para-hydroxylation sites is 1. The number of hydrogen-bond donors (Lipinski definition) is 0. The van der Waals surface area contributed by atoms with Gasteiger partial charge in [-0.15, -0.1) is 0 Å². The zero-order valence-electron chi connectivity index (χ0n) is 17.9. The largest absolute Gasteiger partial charge is 0.378 e. The minimum Gasteiger partial charge on any atom is -0.378 e. The molecule has 3 aromatic rings. The topological polar surface area (TPSA) is 47.4 Å². The van der Waals surface area contributed by atoms with Gasteiger partial charge in [-0.25, -0.2) is 4.98 Å². The van der Waals surface area contributed by atoms with Gasteiger partial charge in [-0.05, 0) is 43.4 Å². The standard InChI is InChI=1S/C25H29N3O2/c1-17-14-20(16-27(2)25(17)29)21-9-5-8-19-15-22(18-6-3-4-7-18)24(26-23(19)21)28-10-12-30-13-11-28/h5,8-9,14-16,18H,3-4,6-7,10-13H2,1-2H3. The Morgan fingerprint density at radius 1 is 1.10 bits per heavy atom. The average molecular weight is 404 g/mol. The van der Waals surface area contributed by atoms with E-state index in [0.29, 0.717) is 5.92 Å². The number of aryl methyl sites for hydroxylation is 2. The summed E-state index contributed by atoms with van der Waals surface area (Å²) in [6.07, 6.45) is 7.05. The van der Waals surface area contributed by atoms with Gasteiger partial charge < -0.3 is 14.2 Å². The fraction of sp³-hybridized carbons (Fsp3) is 0.440. The van der Waals surface area contributed by atoms with Crippen LogP contribution in [0, 0.1) is 6.92 Å². The van der Waals surface area contributed by atoms with E-state index in [1.807, 2.05) is 26.2 Å². The molecule has 0 N–H and O–H groups in total. The highest BCUT2D eigenvalue weighted by Gasteiger charge is 2.25. The van der Waals surface area contributed by atoms with E-state index < -0.39 is 0 Å². The molecule has 156 valence electrons. The van der Waals surface area contributed by atoms with Crippen LogP contribution in [0.2, 0.25) is 0 Å². The third-order valence-corrected chi connectivity index (χ3v) is 6.63. The number of rotatable bonds is 3. The van der Waals surface area contributed by atoms with Crippen molar-refractivity contribution >= 4 is 16.7 Å². The second-order valence-electron chi connectivity index (χ2n) is 8.69. The van der Waals surface area contributed by atoms with E-state index in [1.165, 1.54) is 36.6 Å². The summed E-state index contributed by atoms with van der Waals surface area (Å²) in [5, 5.41) is 1.18. The molecule has 1 saturated heterocycles. The summed E-state index contributed by atoms with van der Waals surface area (Å²) in [7, 11) is 1.81. The lowest BCUT2D eigenvalue weighted by Crippen LogP contribution is -2.37. The number of hydrogen-bond acceptors (Lipinski definition) is 4. The molecule has 30 heavy (non-hydrogen) atoms. The highest BCUT2D eigenvalue weighted by Crippen LogP contribution is 2.41. The zero-order valence-corrected chi connectivity index (χ0v) is 17.9. The number of ether oxygens (including phenoxy) is 1. The van der Waals surface area contributed by atoms with Crippen LogP contribution in [0.25, 0.3) is 22.0 Å². The summed E-state index contributed by atoms with van der Waals surface area (Å²) in [6.45, 7) is 5.16. The van der Waals surface area contributed by atoms with Crippen LogP contribution in [-0.2, 0) is 11.8 Å². The van der Waals surface area contributed by atoms with Crippen molar-refractivity contribution in [2.24, 2.45) is 7.05 Å². The Labute approximate surface area is 177 Å². The first-order valence-corrected chi connectivity index (χ1v) is 11.1. The predicted octanol–water partition coefficient (Wildman–Crippen LogP) is 4.40. The van der Waals surface area contributed by atoms with E-state index in [9.17, 15) is 4.79 Å². The van der Waals surface area contributed by atoms with Crippen LogP contribution in [-0.4, -0.2) is 35.9 Å². The summed E-state index contributed by atoms with van der Waals surface area (Å²) in [4.78, 5) is 19.9. The van der Waals surface area contributed by atoms with Crippen molar-refractivity contribution in [2.75, 3.05) is 31.2 Å². The predicted molar refractivity (Wildman–Crippen MR) is 121 cm³/mol. The van der Waals surface area contributed by atoms with Crippen LogP contribution in [0.15, 0.2) is 41.3 Å². The van der Waals surface area contributed by atoms with Crippen molar-refractivity contribution in [2.45, 2.75) is 38.5 Å². The van der Waals surface area contributed by atoms with Gasteiger partial charge in [-0.3, -0.25) is 4.79 Å². The molecule has 5 nitrogen and oxygen atoms in total. The van der Waals surface area contributed by atoms with Gasteiger partial charge in [-0.2, -0.15) is 0 Å². The van der Waals surface area contributed by atoms with Gasteiger partial charge in [-0.1, -0.05) is 31.0 Å². The Morgan fingerprint density at radius 3 is 2.60 bits per heavy atom. The quantitative estimate of drug-likeness (QED) is 0.650. The number of morpholine rings is 1. The van der Waals surface area contributed by atoms with Crippen molar-refractivity contribution in [3.8, 4) is 11.1 Å². The maximum Gasteiger partial charge on any atom is 0.253 e. The highest BCUT2D eigenvalue weighted by molar-refractivity contribution is 5.95. The molecule has 1 aromatic carbocycles. The van der Waals surface area contributed by atoms with Crippen molar-refractivity contribution < 1.29 is 4.74 Å². The second kappa shape index (κ2) is 7.88. The number of aromatic nitrogens is 2. The summed E-state index contributed by atoms with van der Waals surface area (Å²) >= 11 is 0.